The molecule has 0 aromatic carbocycles. The molecule has 2 heteroatoms. The van der Waals surface area contributed by atoms with Gasteiger partial charge in [0.25, 0.3) is 0 Å². The second-order valence-electron chi connectivity index (χ2n) is 3.85. The van der Waals surface area contributed by atoms with Crippen molar-refractivity contribution < 1.29 is 4.74 Å². The summed E-state index contributed by atoms with van der Waals surface area (Å²) in [6.07, 6.45) is 7.32. The van der Waals surface area contributed by atoms with Crippen molar-refractivity contribution in [2.45, 2.75) is 38.2 Å². The SMILES string of the molecule is BrCC1(C2CCCO2)CCC1. The molecule has 1 aliphatic carbocycles. The number of hydrogen-bond acceptors (Lipinski definition) is 1. The zero-order chi connectivity index (χ0) is 7.73. The summed E-state index contributed by atoms with van der Waals surface area (Å²) in [7, 11) is 0. The molecule has 0 radical (unpaired) electrons. The minimum Gasteiger partial charge on any atom is -0.378 e. The van der Waals surface area contributed by atoms with Crippen LogP contribution < -0.4 is 0 Å². The Hall–Kier alpha value is 0.440. The number of hydrogen-bond donors (Lipinski definition) is 0. The van der Waals surface area contributed by atoms with Crippen LogP contribution in [0.5, 0.6) is 0 Å². The molecule has 1 nitrogen and oxygen atoms in total. The van der Waals surface area contributed by atoms with E-state index in [-0.39, 0.29) is 0 Å². The molecule has 1 atom stereocenters. The van der Waals surface area contributed by atoms with Gasteiger partial charge in [-0.2, -0.15) is 0 Å². The van der Waals surface area contributed by atoms with Crippen LogP contribution in [0.2, 0.25) is 0 Å². The highest BCUT2D eigenvalue weighted by atomic mass is 79.9. The molecular weight excluding hydrogens is 204 g/mol. The van der Waals surface area contributed by atoms with Gasteiger partial charge in [0.15, 0.2) is 0 Å². The third kappa shape index (κ3) is 1.25. The normalized spacial score (nSPS) is 35.2. The maximum Gasteiger partial charge on any atom is 0.0640 e. The van der Waals surface area contributed by atoms with Crippen molar-refractivity contribution in [3.63, 3.8) is 0 Å². The topological polar surface area (TPSA) is 9.23 Å². The summed E-state index contributed by atoms with van der Waals surface area (Å²) in [4.78, 5) is 0. The van der Waals surface area contributed by atoms with Gasteiger partial charge in [0.1, 0.15) is 0 Å². The van der Waals surface area contributed by atoms with E-state index < -0.39 is 0 Å². The highest BCUT2D eigenvalue weighted by molar-refractivity contribution is 9.09. The predicted molar refractivity (Wildman–Crippen MR) is 49.1 cm³/mol. The Bertz CT molecular complexity index is 131. The maximum absolute atomic E-state index is 5.72. The Morgan fingerprint density at radius 1 is 1.36 bits per heavy atom. The third-order valence-electron chi connectivity index (χ3n) is 3.23. The highest BCUT2D eigenvalue weighted by Crippen LogP contribution is 2.49. The largest absolute Gasteiger partial charge is 0.378 e. The van der Waals surface area contributed by atoms with Gasteiger partial charge < -0.3 is 4.74 Å². The van der Waals surface area contributed by atoms with Gasteiger partial charge in [0.2, 0.25) is 0 Å². The Balaban J connectivity index is 1.99. The monoisotopic (exact) mass is 218 g/mol. The minimum absolute atomic E-state index is 0.538. The van der Waals surface area contributed by atoms with Crippen molar-refractivity contribution in [2.75, 3.05) is 11.9 Å². The van der Waals surface area contributed by atoms with E-state index in [0.29, 0.717) is 11.5 Å². The molecule has 1 aliphatic heterocycles. The summed E-state index contributed by atoms with van der Waals surface area (Å²) < 4.78 is 5.72. The zero-order valence-electron chi connectivity index (χ0n) is 6.81. The van der Waals surface area contributed by atoms with Gasteiger partial charge in [-0.3, -0.25) is 0 Å². The first-order valence-corrected chi connectivity index (χ1v) is 5.67. The third-order valence-corrected chi connectivity index (χ3v) is 4.34. The minimum atomic E-state index is 0.538. The van der Waals surface area contributed by atoms with E-state index in [2.05, 4.69) is 15.9 Å². The van der Waals surface area contributed by atoms with Crippen LogP contribution in [0.15, 0.2) is 0 Å². The first-order chi connectivity index (χ1) is 5.37. The average Bonchev–Trinajstić information content (AvgIpc) is 2.39. The molecule has 0 bridgehead atoms. The van der Waals surface area contributed by atoms with Crippen LogP contribution >= 0.6 is 15.9 Å². The molecule has 2 rings (SSSR count). The Kier molecular flexibility index (Phi) is 2.24. The number of ether oxygens (including phenoxy) is 1. The summed E-state index contributed by atoms with van der Waals surface area (Å²) >= 11 is 3.61. The number of alkyl halides is 1. The summed E-state index contributed by atoms with van der Waals surface area (Å²) in [6, 6.07) is 0. The van der Waals surface area contributed by atoms with Crippen molar-refractivity contribution in [1.29, 1.82) is 0 Å². The molecule has 0 aromatic rings. The van der Waals surface area contributed by atoms with Gasteiger partial charge in [0, 0.05) is 17.4 Å². The first-order valence-electron chi connectivity index (χ1n) is 4.55. The van der Waals surface area contributed by atoms with Crippen molar-refractivity contribution >= 4 is 15.9 Å². The lowest BCUT2D eigenvalue weighted by atomic mass is 9.66. The molecule has 1 heterocycles. The molecule has 0 aromatic heterocycles. The van der Waals surface area contributed by atoms with Gasteiger partial charge in [-0.15, -0.1) is 0 Å². The second-order valence-corrected chi connectivity index (χ2v) is 4.41. The van der Waals surface area contributed by atoms with E-state index in [1.165, 1.54) is 32.1 Å². The van der Waals surface area contributed by atoms with Crippen LogP contribution in [0.1, 0.15) is 32.1 Å². The first kappa shape index (κ1) is 8.06. The van der Waals surface area contributed by atoms with E-state index in [1.807, 2.05) is 0 Å². The molecule has 0 amide bonds. The van der Waals surface area contributed by atoms with Gasteiger partial charge in [-0.05, 0) is 25.7 Å². The molecule has 0 spiro atoms. The quantitative estimate of drug-likeness (QED) is 0.649. The molecular formula is C9H15BrO. The molecule has 1 unspecified atom stereocenters. The van der Waals surface area contributed by atoms with Crippen LogP contribution in [0.3, 0.4) is 0 Å². The lowest BCUT2D eigenvalue weighted by Gasteiger charge is -2.44. The van der Waals surface area contributed by atoms with Crippen LogP contribution in [0.25, 0.3) is 0 Å². The second kappa shape index (κ2) is 3.06. The fourth-order valence-corrected chi connectivity index (χ4v) is 3.15. The van der Waals surface area contributed by atoms with E-state index in [1.54, 1.807) is 0 Å². The lowest BCUT2D eigenvalue weighted by Crippen LogP contribution is -2.42. The zero-order valence-corrected chi connectivity index (χ0v) is 8.40. The van der Waals surface area contributed by atoms with Gasteiger partial charge >= 0.3 is 0 Å². The van der Waals surface area contributed by atoms with E-state index in [4.69, 9.17) is 4.74 Å². The van der Waals surface area contributed by atoms with Gasteiger partial charge in [-0.1, -0.05) is 22.4 Å². The summed E-state index contributed by atoms with van der Waals surface area (Å²) in [5, 5.41) is 1.14. The average molecular weight is 219 g/mol. The fourth-order valence-electron chi connectivity index (χ4n) is 2.23. The molecule has 11 heavy (non-hydrogen) atoms. The van der Waals surface area contributed by atoms with Crippen molar-refractivity contribution in [2.24, 2.45) is 5.41 Å². The Morgan fingerprint density at radius 3 is 2.55 bits per heavy atom. The highest BCUT2D eigenvalue weighted by Gasteiger charge is 2.44. The molecule has 64 valence electrons. The van der Waals surface area contributed by atoms with E-state index in [9.17, 15) is 0 Å². The van der Waals surface area contributed by atoms with Crippen molar-refractivity contribution in [3.05, 3.63) is 0 Å². The van der Waals surface area contributed by atoms with Crippen LogP contribution in [-0.2, 0) is 4.74 Å². The van der Waals surface area contributed by atoms with Crippen LogP contribution in [0, 0.1) is 5.41 Å². The Morgan fingerprint density at radius 2 is 2.18 bits per heavy atom. The lowest BCUT2D eigenvalue weighted by molar-refractivity contribution is -0.0332. The van der Waals surface area contributed by atoms with Gasteiger partial charge in [0.05, 0.1) is 6.10 Å². The van der Waals surface area contributed by atoms with Crippen LogP contribution in [-0.4, -0.2) is 18.0 Å². The molecule has 2 fully saturated rings. The number of rotatable bonds is 2. The summed E-state index contributed by atoms with van der Waals surface area (Å²) in [5.74, 6) is 0. The molecule has 1 saturated heterocycles. The van der Waals surface area contributed by atoms with Crippen molar-refractivity contribution in [3.8, 4) is 0 Å². The van der Waals surface area contributed by atoms with E-state index >= 15 is 0 Å². The fraction of sp³-hybridized carbons (Fsp3) is 1.00. The smallest absolute Gasteiger partial charge is 0.0640 e. The predicted octanol–water partition coefficient (Wildman–Crippen LogP) is 2.73. The van der Waals surface area contributed by atoms with Gasteiger partial charge in [-0.25, -0.2) is 0 Å². The van der Waals surface area contributed by atoms with E-state index in [0.717, 1.165) is 11.9 Å². The summed E-state index contributed by atoms with van der Waals surface area (Å²) in [6.45, 7) is 0.999. The maximum atomic E-state index is 5.72. The molecule has 0 N–H and O–H groups in total. The van der Waals surface area contributed by atoms with Crippen LogP contribution in [0.4, 0.5) is 0 Å². The molecule has 2 aliphatic rings. The molecule has 1 saturated carbocycles. The van der Waals surface area contributed by atoms with Crippen molar-refractivity contribution in [1.82, 2.24) is 0 Å². The summed E-state index contributed by atoms with van der Waals surface area (Å²) in [5.41, 5.74) is 0.538. The standard InChI is InChI=1S/C9H15BrO/c10-7-9(4-2-5-9)8-3-1-6-11-8/h8H,1-7H2. The Labute approximate surface area is 76.6 Å². The number of halogens is 1.